The van der Waals surface area contributed by atoms with E-state index in [1.54, 1.807) is 11.8 Å². The first-order chi connectivity index (χ1) is 14.8. The molecule has 2 saturated heterocycles. The number of hydrogen-bond donors (Lipinski definition) is 0. The summed E-state index contributed by atoms with van der Waals surface area (Å²) in [7, 11) is 0. The van der Waals surface area contributed by atoms with Gasteiger partial charge in [-0.1, -0.05) is 0 Å². The zero-order valence-electron chi connectivity index (χ0n) is 17.7. The summed E-state index contributed by atoms with van der Waals surface area (Å²) in [5.41, 5.74) is 3.32. The Morgan fingerprint density at radius 1 is 0.833 bits per heavy atom. The van der Waals surface area contributed by atoms with E-state index in [9.17, 15) is 0 Å². The van der Waals surface area contributed by atoms with Crippen LogP contribution in [0.3, 0.4) is 0 Å². The van der Waals surface area contributed by atoms with Crippen LogP contribution < -0.4 is 9.80 Å². The predicted molar refractivity (Wildman–Crippen MR) is 126 cm³/mol. The molecular weight excluding hydrogens is 392 g/mol. The van der Waals surface area contributed by atoms with E-state index < -0.39 is 0 Å². The molecule has 0 aliphatic carbocycles. The van der Waals surface area contributed by atoms with Crippen LogP contribution in [-0.4, -0.2) is 71.5 Å². The van der Waals surface area contributed by atoms with Crippen LogP contribution in [0.15, 0.2) is 47.6 Å². The molecule has 0 radical (unpaired) electrons. The summed E-state index contributed by atoms with van der Waals surface area (Å²) in [4.78, 5) is 18.2. The second-order valence-corrected chi connectivity index (χ2v) is 9.05. The van der Waals surface area contributed by atoms with E-state index in [0.717, 1.165) is 56.3 Å². The lowest BCUT2D eigenvalue weighted by Crippen LogP contribution is -2.46. The summed E-state index contributed by atoms with van der Waals surface area (Å²) in [5, 5.41) is 0. The molecular formula is C23H30N6S. The van der Waals surface area contributed by atoms with Crippen molar-refractivity contribution < 1.29 is 0 Å². The van der Waals surface area contributed by atoms with Crippen LogP contribution >= 0.6 is 11.8 Å². The molecule has 0 bridgehead atoms. The number of hydrogen-bond acceptors (Lipinski definition) is 6. The highest BCUT2D eigenvalue weighted by Crippen LogP contribution is 2.24. The Hall–Kier alpha value is -2.25. The Morgan fingerprint density at radius 3 is 2.30 bits per heavy atom. The summed E-state index contributed by atoms with van der Waals surface area (Å²) in [6.07, 6.45) is 6.75. The van der Waals surface area contributed by atoms with Crippen molar-refractivity contribution >= 4 is 34.4 Å². The molecule has 1 aromatic carbocycles. The quantitative estimate of drug-likeness (QED) is 0.566. The molecule has 0 amide bonds. The third-order valence-corrected chi connectivity index (χ3v) is 7.11. The average Bonchev–Trinajstić information content (AvgIpc) is 3.47. The molecule has 7 heteroatoms. The molecule has 2 aliphatic heterocycles. The topological polar surface area (TPSA) is 40.4 Å². The molecule has 0 spiro atoms. The maximum Gasteiger partial charge on any atom is 0.179 e. The fourth-order valence-electron chi connectivity index (χ4n) is 4.53. The minimum absolute atomic E-state index is 0.865. The van der Waals surface area contributed by atoms with Crippen molar-refractivity contribution in [3.63, 3.8) is 0 Å². The van der Waals surface area contributed by atoms with E-state index in [1.807, 2.05) is 6.33 Å². The molecule has 30 heavy (non-hydrogen) atoms. The van der Waals surface area contributed by atoms with Gasteiger partial charge < -0.3 is 19.3 Å². The summed E-state index contributed by atoms with van der Waals surface area (Å²) in [6.45, 7) is 8.58. The van der Waals surface area contributed by atoms with Gasteiger partial charge in [-0.15, -0.1) is 11.8 Å². The highest BCUT2D eigenvalue weighted by atomic mass is 32.2. The minimum atomic E-state index is 0.865. The van der Waals surface area contributed by atoms with Gasteiger partial charge in [0.2, 0.25) is 0 Å². The number of rotatable bonds is 6. The lowest BCUT2D eigenvalue weighted by Gasteiger charge is -2.36. The molecule has 0 unspecified atom stereocenters. The van der Waals surface area contributed by atoms with Crippen LogP contribution in [0.1, 0.15) is 12.8 Å². The van der Waals surface area contributed by atoms with Gasteiger partial charge in [0, 0.05) is 49.9 Å². The molecule has 6 nitrogen and oxygen atoms in total. The summed E-state index contributed by atoms with van der Waals surface area (Å²) in [6, 6.07) is 13.3. The van der Waals surface area contributed by atoms with Crippen LogP contribution in [0, 0.1) is 0 Å². The zero-order valence-corrected chi connectivity index (χ0v) is 18.5. The first-order valence-electron chi connectivity index (χ1n) is 11.0. The third-order valence-electron chi connectivity index (χ3n) is 6.37. The fraction of sp³-hybridized carbons (Fsp3) is 0.478. The van der Waals surface area contributed by atoms with Crippen LogP contribution in [0.5, 0.6) is 0 Å². The maximum atomic E-state index is 4.88. The molecule has 158 valence electrons. The molecule has 4 heterocycles. The average molecular weight is 423 g/mol. The van der Waals surface area contributed by atoms with Gasteiger partial charge in [0.05, 0.1) is 11.8 Å². The summed E-state index contributed by atoms with van der Waals surface area (Å²) < 4.78 is 2.25. The predicted octanol–water partition coefficient (Wildman–Crippen LogP) is 3.58. The smallest absolute Gasteiger partial charge is 0.179 e. The van der Waals surface area contributed by atoms with Gasteiger partial charge in [-0.2, -0.15) is 0 Å². The normalized spacial score (nSPS) is 17.9. The Kier molecular flexibility index (Phi) is 5.82. The van der Waals surface area contributed by atoms with Crippen molar-refractivity contribution in [3.05, 3.63) is 42.7 Å². The van der Waals surface area contributed by atoms with Crippen molar-refractivity contribution in [3.8, 4) is 0 Å². The number of nitrogens with zero attached hydrogens (tertiary/aromatic N) is 6. The van der Waals surface area contributed by atoms with Crippen molar-refractivity contribution in [2.45, 2.75) is 24.3 Å². The van der Waals surface area contributed by atoms with Crippen molar-refractivity contribution in [1.29, 1.82) is 0 Å². The maximum absolute atomic E-state index is 4.88. The number of benzene rings is 1. The number of aromatic nitrogens is 3. The van der Waals surface area contributed by atoms with E-state index in [1.165, 1.54) is 36.5 Å². The molecule has 2 fully saturated rings. The molecule has 3 aromatic rings. The van der Waals surface area contributed by atoms with Gasteiger partial charge in [-0.3, -0.25) is 0 Å². The van der Waals surface area contributed by atoms with Crippen molar-refractivity contribution in [2.75, 3.05) is 61.9 Å². The van der Waals surface area contributed by atoms with Gasteiger partial charge in [0.25, 0.3) is 0 Å². The molecule has 0 N–H and O–H groups in total. The van der Waals surface area contributed by atoms with E-state index in [4.69, 9.17) is 4.98 Å². The fourth-order valence-corrected chi connectivity index (χ4v) is 4.94. The SMILES string of the molecule is CSc1ccc(N2CCN(c3ccc4c(ncn4CCN4CCCC4)n3)CC2)cc1. The van der Waals surface area contributed by atoms with Gasteiger partial charge in [-0.05, 0) is 68.6 Å². The number of anilines is 2. The lowest BCUT2D eigenvalue weighted by molar-refractivity contribution is 0.324. The van der Waals surface area contributed by atoms with Gasteiger partial charge in [0.1, 0.15) is 5.82 Å². The molecule has 0 atom stereocenters. The van der Waals surface area contributed by atoms with Crippen molar-refractivity contribution in [2.24, 2.45) is 0 Å². The third kappa shape index (κ3) is 4.14. The number of imidazole rings is 1. The second kappa shape index (κ2) is 8.86. The zero-order chi connectivity index (χ0) is 20.3. The lowest BCUT2D eigenvalue weighted by atomic mass is 10.2. The van der Waals surface area contributed by atoms with Gasteiger partial charge in [0.15, 0.2) is 5.65 Å². The Morgan fingerprint density at radius 2 is 1.57 bits per heavy atom. The molecule has 5 rings (SSSR count). The number of pyridine rings is 1. The van der Waals surface area contributed by atoms with E-state index >= 15 is 0 Å². The van der Waals surface area contributed by atoms with Crippen LogP contribution in [0.25, 0.3) is 11.2 Å². The minimum Gasteiger partial charge on any atom is -0.368 e. The number of thioether (sulfide) groups is 1. The largest absolute Gasteiger partial charge is 0.368 e. The van der Waals surface area contributed by atoms with Crippen LogP contribution in [0.2, 0.25) is 0 Å². The molecule has 0 saturated carbocycles. The van der Waals surface area contributed by atoms with Crippen LogP contribution in [-0.2, 0) is 6.54 Å². The Balaban J connectivity index is 1.22. The Labute approximate surface area is 182 Å². The monoisotopic (exact) mass is 422 g/mol. The highest BCUT2D eigenvalue weighted by molar-refractivity contribution is 7.98. The highest BCUT2D eigenvalue weighted by Gasteiger charge is 2.19. The number of piperazine rings is 1. The molecule has 2 aromatic heterocycles. The van der Waals surface area contributed by atoms with E-state index in [2.05, 4.69) is 66.9 Å². The summed E-state index contributed by atoms with van der Waals surface area (Å²) >= 11 is 1.79. The van der Waals surface area contributed by atoms with Gasteiger partial charge >= 0.3 is 0 Å². The van der Waals surface area contributed by atoms with E-state index in [0.29, 0.717) is 0 Å². The molecule has 2 aliphatic rings. The van der Waals surface area contributed by atoms with Crippen LogP contribution in [0.4, 0.5) is 11.5 Å². The number of likely N-dealkylation sites (tertiary alicyclic amines) is 1. The van der Waals surface area contributed by atoms with Crippen molar-refractivity contribution in [1.82, 2.24) is 19.4 Å². The van der Waals surface area contributed by atoms with Gasteiger partial charge in [-0.25, -0.2) is 9.97 Å². The summed E-state index contributed by atoms with van der Waals surface area (Å²) in [5.74, 6) is 1.05. The first kappa shape index (κ1) is 19.7. The van der Waals surface area contributed by atoms with E-state index in [-0.39, 0.29) is 0 Å². The number of fused-ring (bicyclic) bond motifs is 1. The standard InChI is InChI=1S/C23H30N6S/c1-30-20-6-4-19(5-7-20)27-14-16-28(17-15-27)22-9-8-21-23(25-22)24-18-29(21)13-12-26-10-2-3-11-26/h4-9,18H,2-3,10-17H2,1H3. The first-order valence-corrected chi connectivity index (χ1v) is 12.2. The second-order valence-electron chi connectivity index (χ2n) is 8.17. The Bertz CT molecular complexity index is 971.